The molecule has 5 rings (SSSR count). The van der Waals surface area contributed by atoms with Crippen molar-refractivity contribution < 1.29 is 23.5 Å². The van der Waals surface area contributed by atoms with E-state index in [0.717, 1.165) is 17.0 Å². The Kier molecular flexibility index (Phi) is 8.06. The summed E-state index contributed by atoms with van der Waals surface area (Å²) in [6, 6.07) is 24.8. The fourth-order valence-corrected chi connectivity index (χ4v) is 4.58. The van der Waals surface area contributed by atoms with Crippen LogP contribution in [0, 0.1) is 0 Å². The zero-order valence-corrected chi connectivity index (χ0v) is 21.2. The third kappa shape index (κ3) is 6.62. The van der Waals surface area contributed by atoms with E-state index in [1.807, 2.05) is 54.6 Å². The van der Waals surface area contributed by atoms with Crippen molar-refractivity contribution in [3.8, 4) is 11.5 Å². The maximum Gasteiger partial charge on any atom is 0.251 e. The highest BCUT2D eigenvalue weighted by Gasteiger charge is 2.30. The summed E-state index contributed by atoms with van der Waals surface area (Å²) in [6.45, 7) is 3.05. The van der Waals surface area contributed by atoms with Crippen LogP contribution in [-0.4, -0.2) is 61.7 Å². The van der Waals surface area contributed by atoms with Crippen LogP contribution in [0.2, 0.25) is 0 Å². The Bertz CT molecular complexity index is 1220. The number of amides is 2. The number of carbonyl (C=O) groups is 2. The number of nitrogens with zero attached hydrogens (tertiary/aromatic N) is 2. The van der Waals surface area contributed by atoms with Gasteiger partial charge in [0.15, 0.2) is 0 Å². The molecule has 1 heterocycles. The van der Waals surface area contributed by atoms with E-state index >= 15 is 0 Å². The van der Waals surface area contributed by atoms with Crippen LogP contribution < -0.4 is 19.7 Å². The first-order valence-electron chi connectivity index (χ1n) is 13.0. The molecule has 0 unspecified atom stereocenters. The summed E-state index contributed by atoms with van der Waals surface area (Å²) in [5, 5.41) is 2.71. The second-order valence-corrected chi connectivity index (χ2v) is 9.66. The van der Waals surface area contributed by atoms with Gasteiger partial charge in [-0.15, -0.1) is 0 Å². The molecule has 1 aliphatic carbocycles. The van der Waals surface area contributed by atoms with Crippen molar-refractivity contribution in [1.29, 1.82) is 0 Å². The topological polar surface area (TPSA) is 71.1 Å². The lowest BCUT2D eigenvalue weighted by Crippen LogP contribution is -2.51. The summed E-state index contributed by atoms with van der Waals surface area (Å²) in [6.07, 6.45) is -0.182. The number of anilines is 1. The second kappa shape index (κ2) is 12.0. The first-order valence-corrected chi connectivity index (χ1v) is 13.0. The maximum atomic E-state index is 13.0. The van der Waals surface area contributed by atoms with Crippen molar-refractivity contribution in [3.05, 3.63) is 90.0 Å². The molecule has 0 atom stereocenters. The molecule has 3 aromatic rings. The van der Waals surface area contributed by atoms with Crippen molar-refractivity contribution in [3.63, 3.8) is 0 Å². The first kappa shape index (κ1) is 25.6. The number of halogens is 1. The molecule has 1 saturated carbocycles. The van der Waals surface area contributed by atoms with E-state index in [0.29, 0.717) is 56.9 Å². The molecule has 8 heteroatoms. The normalized spacial score (nSPS) is 18.9. The highest BCUT2D eigenvalue weighted by Crippen LogP contribution is 2.28. The quantitative estimate of drug-likeness (QED) is 0.461. The number of carbonyl (C=O) groups excluding carboxylic acids is 2. The van der Waals surface area contributed by atoms with Crippen molar-refractivity contribution in [2.24, 2.45) is 0 Å². The van der Waals surface area contributed by atoms with Gasteiger partial charge >= 0.3 is 0 Å². The fraction of sp³-hybridized carbons (Fsp3) is 0.333. The van der Waals surface area contributed by atoms with Gasteiger partial charge in [0, 0.05) is 50.3 Å². The third-order valence-electron chi connectivity index (χ3n) is 6.92. The Balaban J connectivity index is 1.04. The van der Waals surface area contributed by atoms with Gasteiger partial charge in [-0.05, 0) is 48.0 Å². The summed E-state index contributed by atoms with van der Waals surface area (Å²) < 4.78 is 24.6. The largest absolute Gasteiger partial charge is 0.490 e. The highest BCUT2D eigenvalue weighted by atomic mass is 18.2. The number of hydrogen-bond donors (Lipinski definition) is 1. The summed E-state index contributed by atoms with van der Waals surface area (Å²) in [4.78, 5) is 29.3. The highest BCUT2D eigenvalue weighted by molar-refractivity contribution is 5.96. The second-order valence-electron chi connectivity index (χ2n) is 9.66. The summed E-state index contributed by atoms with van der Waals surface area (Å²) in [5.74, 6) is 0.899. The Morgan fingerprint density at radius 3 is 2.32 bits per heavy atom. The summed E-state index contributed by atoms with van der Waals surface area (Å²) in [7, 11) is 0. The molecule has 198 valence electrons. The van der Waals surface area contributed by atoms with E-state index in [-0.39, 0.29) is 24.5 Å². The van der Waals surface area contributed by atoms with E-state index in [9.17, 15) is 14.0 Å². The van der Waals surface area contributed by atoms with Crippen LogP contribution in [0.1, 0.15) is 28.8 Å². The summed E-state index contributed by atoms with van der Waals surface area (Å²) >= 11 is 0. The molecule has 0 bridgehead atoms. The van der Waals surface area contributed by atoms with Crippen molar-refractivity contribution in [2.45, 2.75) is 31.7 Å². The van der Waals surface area contributed by atoms with E-state index < -0.39 is 6.17 Å². The molecule has 1 N–H and O–H groups in total. The van der Waals surface area contributed by atoms with Gasteiger partial charge in [-0.2, -0.15) is 0 Å². The molecule has 3 aromatic carbocycles. The molecular formula is C30H32FN3O4. The Morgan fingerprint density at radius 2 is 1.61 bits per heavy atom. The molecule has 0 radical (unpaired) electrons. The molecule has 1 aliphatic heterocycles. The van der Waals surface area contributed by atoms with Gasteiger partial charge in [0.1, 0.15) is 30.4 Å². The smallest absolute Gasteiger partial charge is 0.251 e. The molecule has 1 saturated heterocycles. The average Bonchev–Trinajstić information content (AvgIpc) is 2.95. The lowest BCUT2D eigenvalue weighted by Gasteiger charge is -2.36. The van der Waals surface area contributed by atoms with Gasteiger partial charge in [-0.3, -0.25) is 9.59 Å². The zero-order valence-electron chi connectivity index (χ0n) is 21.2. The lowest BCUT2D eigenvalue weighted by atomic mass is 9.93. The molecule has 2 aliphatic rings. The first-order chi connectivity index (χ1) is 18.5. The molecule has 38 heavy (non-hydrogen) atoms. The van der Waals surface area contributed by atoms with E-state index in [1.54, 1.807) is 29.2 Å². The maximum absolute atomic E-state index is 13.0. The summed E-state index contributed by atoms with van der Waals surface area (Å²) in [5.41, 5.74) is 2.62. The van der Waals surface area contributed by atoms with E-state index in [1.165, 1.54) is 0 Å². The number of alkyl halides is 1. The molecule has 2 fully saturated rings. The number of hydrogen-bond acceptors (Lipinski definition) is 5. The molecule has 0 aromatic heterocycles. The minimum absolute atomic E-state index is 0.0659. The fourth-order valence-electron chi connectivity index (χ4n) is 4.58. The van der Waals surface area contributed by atoms with Crippen LogP contribution >= 0.6 is 0 Å². The van der Waals surface area contributed by atoms with Gasteiger partial charge in [0.05, 0.1) is 6.54 Å². The zero-order chi connectivity index (χ0) is 26.3. The Hall–Kier alpha value is -4.07. The van der Waals surface area contributed by atoms with Gasteiger partial charge in [0.2, 0.25) is 5.91 Å². The molecular weight excluding hydrogens is 484 g/mol. The number of nitrogens with one attached hydrogen (secondary N) is 1. The van der Waals surface area contributed by atoms with Gasteiger partial charge in [-0.25, -0.2) is 4.39 Å². The van der Waals surface area contributed by atoms with Crippen molar-refractivity contribution in [2.75, 3.05) is 37.6 Å². The standard InChI is InChI=1S/C30H32FN3O4/c31-24-18-28(19-24)38-27-8-4-7-23(17-27)30(36)32-20-29(35)34-15-13-33(14-16-34)25-9-11-26(12-10-25)37-21-22-5-2-1-3-6-22/h1-12,17,24,28H,13-16,18-21H2,(H,32,36)/t24-,28+/i31-1. The predicted molar refractivity (Wildman–Crippen MR) is 143 cm³/mol. The van der Waals surface area contributed by atoms with Crippen LogP contribution in [0.25, 0.3) is 0 Å². The van der Waals surface area contributed by atoms with Crippen LogP contribution in [0.15, 0.2) is 78.9 Å². The van der Waals surface area contributed by atoms with Crippen LogP contribution in [0.5, 0.6) is 11.5 Å². The minimum atomic E-state index is -0.801. The van der Waals surface area contributed by atoms with Gasteiger partial charge in [-0.1, -0.05) is 36.4 Å². The predicted octanol–water partition coefficient (Wildman–Crippen LogP) is 4.22. The van der Waals surface area contributed by atoms with Crippen LogP contribution in [0.3, 0.4) is 0 Å². The number of piperazine rings is 1. The SMILES string of the molecule is O=C(NCC(=O)N1CCN(c2ccc(OCc3ccccc3)cc2)CC1)c1cccc(O[C@H]2C[C@@H]([18F])C2)c1. The number of rotatable bonds is 9. The number of benzene rings is 3. The van der Waals surface area contributed by atoms with Crippen molar-refractivity contribution in [1.82, 2.24) is 10.2 Å². The average molecular weight is 517 g/mol. The van der Waals surface area contributed by atoms with Crippen LogP contribution in [0.4, 0.5) is 10.1 Å². The number of ether oxygens (including phenoxy) is 2. The van der Waals surface area contributed by atoms with Crippen LogP contribution in [-0.2, 0) is 11.4 Å². The van der Waals surface area contributed by atoms with Gasteiger partial charge < -0.3 is 24.6 Å². The monoisotopic (exact) mass is 516 g/mol. The third-order valence-corrected chi connectivity index (χ3v) is 6.92. The van der Waals surface area contributed by atoms with Gasteiger partial charge in [0.25, 0.3) is 5.91 Å². The van der Waals surface area contributed by atoms with E-state index in [4.69, 9.17) is 9.47 Å². The van der Waals surface area contributed by atoms with Crippen molar-refractivity contribution >= 4 is 17.5 Å². The Labute approximate surface area is 222 Å². The lowest BCUT2D eigenvalue weighted by molar-refractivity contribution is -0.130. The molecule has 2 amide bonds. The minimum Gasteiger partial charge on any atom is -0.490 e. The molecule has 7 nitrogen and oxygen atoms in total. The van der Waals surface area contributed by atoms with E-state index in [2.05, 4.69) is 10.2 Å². The Morgan fingerprint density at radius 1 is 0.868 bits per heavy atom. The molecule has 0 spiro atoms.